The molecule has 6 nitrogen and oxygen atoms in total. The molecule has 4 N–H and O–H groups in total. The van der Waals surface area contributed by atoms with Crippen LogP contribution in [-0.4, -0.2) is 52.8 Å². The van der Waals surface area contributed by atoms with Crippen LogP contribution in [0.4, 0.5) is 5.69 Å². The van der Waals surface area contributed by atoms with Crippen LogP contribution in [0.25, 0.3) is 0 Å². The predicted octanol–water partition coefficient (Wildman–Crippen LogP) is 2.28. The fourth-order valence-electron chi connectivity index (χ4n) is 1.93. The first-order valence-electron chi connectivity index (χ1n) is 6.06. The first-order valence-corrected chi connectivity index (χ1v) is 7.19. The molecule has 120 valence electrons. The number of halogens is 3. The van der Waals surface area contributed by atoms with E-state index in [4.69, 9.17) is 39.9 Å². The zero-order valence-electron chi connectivity index (χ0n) is 11.6. The second-order valence-electron chi connectivity index (χ2n) is 4.78. The highest BCUT2D eigenvalue weighted by Crippen LogP contribution is 2.45. The van der Waals surface area contributed by atoms with E-state index in [1.807, 2.05) is 0 Å². The van der Waals surface area contributed by atoms with Crippen molar-refractivity contribution < 1.29 is 20.6 Å². The van der Waals surface area contributed by atoms with Gasteiger partial charge < -0.3 is 10.2 Å². The van der Waals surface area contributed by atoms with Crippen molar-refractivity contribution in [2.24, 2.45) is 0 Å². The molecule has 0 spiro atoms. The second kappa shape index (κ2) is 7.41. The molecule has 0 fully saturated rings. The summed E-state index contributed by atoms with van der Waals surface area (Å²) in [6.07, 6.45) is 0. The SMILES string of the molecule is CN(CCO)Cc1c(Cl)c(CO)c(Cl)c([N+](C)(O)O)c1Cl. The van der Waals surface area contributed by atoms with Crippen LogP contribution in [0.2, 0.25) is 15.1 Å². The van der Waals surface area contributed by atoms with Crippen LogP contribution >= 0.6 is 34.8 Å². The fraction of sp³-hybridized carbons (Fsp3) is 0.500. The molecule has 0 radical (unpaired) electrons. The van der Waals surface area contributed by atoms with Gasteiger partial charge in [-0.05, 0) is 11.9 Å². The van der Waals surface area contributed by atoms with E-state index in [0.29, 0.717) is 12.1 Å². The summed E-state index contributed by atoms with van der Waals surface area (Å²) in [5.41, 5.74) is 0.391. The van der Waals surface area contributed by atoms with Crippen LogP contribution in [0.3, 0.4) is 0 Å². The number of likely N-dealkylation sites (N-methyl/N-ethyl adjacent to an activating group) is 1. The predicted molar refractivity (Wildman–Crippen MR) is 82.1 cm³/mol. The third-order valence-electron chi connectivity index (χ3n) is 2.97. The summed E-state index contributed by atoms with van der Waals surface area (Å²) in [6.45, 7) is 0.101. The highest BCUT2D eigenvalue weighted by molar-refractivity contribution is 6.43. The van der Waals surface area contributed by atoms with Gasteiger partial charge in [0, 0.05) is 24.2 Å². The van der Waals surface area contributed by atoms with Gasteiger partial charge in [-0.2, -0.15) is 10.4 Å². The molecule has 0 bridgehead atoms. The topological polar surface area (TPSA) is 84.2 Å². The van der Waals surface area contributed by atoms with Crippen molar-refractivity contribution in [1.29, 1.82) is 0 Å². The summed E-state index contributed by atoms with van der Waals surface area (Å²) in [4.78, 5) is 0.156. The molecule has 1 rings (SSSR count). The molecular formula is C12H18Cl3N2O4+. The Balaban J connectivity index is 3.50. The van der Waals surface area contributed by atoms with Gasteiger partial charge in [-0.25, -0.2) is 0 Å². The van der Waals surface area contributed by atoms with Gasteiger partial charge in [0.2, 0.25) is 5.69 Å². The summed E-state index contributed by atoms with van der Waals surface area (Å²) < 4.78 is 0. The fourth-order valence-corrected chi connectivity index (χ4v) is 3.20. The number of hydrogen-bond donors (Lipinski definition) is 4. The second-order valence-corrected chi connectivity index (χ2v) is 5.91. The summed E-state index contributed by atoms with van der Waals surface area (Å²) in [5.74, 6) is 0. The van der Waals surface area contributed by atoms with E-state index >= 15 is 0 Å². The van der Waals surface area contributed by atoms with Crippen LogP contribution in [0.5, 0.6) is 0 Å². The van der Waals surface area contributed by atoms with E-state index in [0.717, 1.165) is 7.05 Å². The average Bonchev–Trinajstić information content (AvgIpc) is 2.33. The maximum Gasteiger partial charge on any atom is 0.236 e. The monoisotopic (exact) mass is 359 g/mol. The van der Waals surface area contributed by atoms with Crippen LogP contribution in [-0.2, 0) is 13.2 Å². The van der Waals surface area contributed by atoms with Gasteiger partial charge in [0.05, 0.1) is 18.2 Å². The maximum absolute atomic E-state index is 9.77. The summed E-state index contributed by atoms with van der Waals surface area (Å²) in [7, 11) is 2.80. The molecule has 21 heavy (non-hydrogen) atoms. The molecule has 0 saturated carbocycles. The molecule has 0 aromatic heterocycles. The lowest BCUT2D eigenvalue weighted by Gasteiger charge is -2.24. The highest BCUT2D eigenvalue weighted by atomic mass is 35.5. The van der Waals surface area contributed by atoms with Crippen molar-refractivity contribution in [2.45, 2.75) is 13.2 Å². The highest BCUT2D eigenvalue weighted by Gasteiger charge is 2.34. The largest absolute Gasteiger partial charge is 0.395 e. The van der Waals surface area contributed by atoms with E-state index in [9.17, 15) is 15.5 Å². The molecule has 0 atom stereocenters. The molecule has 0 aliphatic carbocycles. The number of benzene rings is 1. The number of rotatable bonds is 6. The molecule has 9 heteroatoms. The normalized spacial score (nSPS) is 12.3. The Morgan fingerprint density at radius 1 is 1.00 bits per heavy atom. The molecule has 0 saturated heterocycles. The van der Waals surface area contributed by atoms with Crippen molar-refractivity contribution in [3.63, 3.8) is 0 Å². The minimum atomic E-state index is -1.58. The Bertz CT molecular complexity index is 520. The third kappa shape index (κ3) is 4.19. The van der Waals surface area contributed by atoms with Crippen molar-refractivity contribution >= 4 is 40.5 Å². The molecular weight excluding hydrogens is 343 g/mol. The molecule has 0 aliphatic rings. The molecule has 1 aromatic rings. The number of hydrogen-bond acceptors (Lipinski definition) is 5. The van der Waals surface area contributed by atoms with Crippen molar-refractivity contribution in [3.8, 4) is 0 Å². The summed E-state index contributed by atoms with van der Waals surface area (Å²) >= 11 is 18.5. The molecule has 0 amide bonds. The van der Waals surface area contributed by atoms with Gasteiger partial charge in [-0.15, -0.1) is 0 Å². The Hall–Kier alpha value is -0.150. The van der Waals surface area contributed by atoms with Crippen LogP contribution in [0.15, 0.2) is 0 Å². The lowest BCUT2D eigenvalue weighted by Crippen LogP contribution is -2.38. The van der Waals surface area contributed by atoms with Crippen molar-refractivity contribution in [3.05, 3.63) is 26.2 Å². The lowest BCUT2D eigenvalue weighted by molar-refractivity contribution is -0.272. The minimum absolute atomic E-state index is 0.000472. The van der Waals surface area contributed by atoms with Crippen molar-refractivity contribution in [2.75, 3.05) is 27.2 Å². The molecule has 0 heterocycles. The van der Waals surface area contributed by atoms with E-state index in [2.05, 4.69) is 0 Å². The Morgan fingerprint density at radius 3 is 1.95 bits per heavy atom. The van der Waals surface area contributed by atoms with Gasteiger partial charge in [-0.3, -0.25) is 4.90 Å². The quantitative estimate of drug-likeness (QED) is 0.462. The smallest absolute Gasteiger partial charge is 0.236 e. The van der Waals surface area contributed by atoms with E-state index in [1.165, 1.54) is 0 Å². The summed E-state index contributed by atoms with van der Waals surface area (Å²) in [5, 5.41) is 37.9. The van der Waals surface area contributed by atoms with Gasteiger partial charge in [0.1, 0.15) is 17.1 Å². The third-order valence-corrected chi connectivity index (χ3v) is 4.24. The van der Waals surface area contributed by atoms with Gasteiger partial charge >= 0.3 is 0 Å². The van der Waals surface area contributed by atoms with Crippen LogP contribution in [0.1, 0.15) is 11.1 Å². The lowest BCUT2D eigenvalue weighted by atomic mass is 10.1. The first kappa shape index (κ1) is 18.9. The first-order chi connectivity index (χ1) is 9.65. The Morgan fingerprint density at radius 2 is 1.52 bits per heavy atom. The van der Waals surface area contributed by atoms with E-state index < -0.39 is 11.4 Å². The zero-order valence-corrected chi connectivity index (χ0v) is 13.9. The minimum Gasteiger partial charge on any atom is -0.395 e. The molecule has 0 aliphatic heterocycles. The number of hydroxylamine groups is 2. The Kier molecular flexibility index (Phi) is 6.67. The number of nitrogens with zero attached hydrogens (tertiary/aromatic N) is 2. The van der Waals surface area contributed by atoms with Gasteiger partial charge in [-0.1, -0.05) is 34.8 Å². The number of aliphatic hydroxyl groups is 2. The van der Waals surface area contributed by atoms with Crippen LogP contribution in [0, 0.1) is 0 Å². The number of aliphatic hydroxyl groups excluding tert-OH is 2. The Labute approximate surface area is 137 Å². The number of quaternary nitrogens is 1. The van der Waals surface area contributed by atoms with Gasteiger partial charge in [0.25, 0.3) is 0 Å². The van der Waals surface area contributed by atoms with Gasteiger partial charge in [0.15, 0.2) is 0 Å². The summed E-state index contributed by atoms with van der Waals surface area (Å²) in [6, 6.07) is 0. The van der Waals surface area contributed by atoms with Crippen molar-refractivity contribution in [1.82, 2.24) is 9.71 Å². The zero-order chi connectivity index (χ0) is 16.4. The molecule has 1 aromatic carbocycles. The molecule has 0 unspecified atom stereocenters. The average molecular weight is 361 g/mol. The van der Waals surface area contributed by atoms with Crippen LogP contribution < -0.4 is 4.81 Å². The standard InChI is InChI=1S/C12H18Cl3N2O4/c1-16(3-4-18)5-7-9(13)8(6-19)11(15)12(10(7)14)17(2,20)21/h18-21H,3-6H2,1-2H3/q+1. The van der Waals surface area contributed by atoms with E-state index in [-0.39, 0.29) is 39.5 Å². The maximum atomic E-state index is 9.77. The van der Waals surface area contributed by atoms with E-state index in [1.54, 1.807) is 11.9 Å².